The Morgan fingerprint density at radius 1 is 0.235 bits per heavy atom. The highest BCUT2D eigenvalue weighted by Crippen LogP contribution is 2.44. The molecule has 12 heteroatoms. The molecule has 0 spiro atoms. The molecule has 0 unspecified atom stereocenters. The lowest BCUT2D eigenvalue weighted by molar-refractivity contribution is 0.275. The Hall–Kier alpha value is -10.2. The number of hydrogen-bond donors (Lipinski definition) is 10. The van der Waals surface area contributed by atoms with Crippen molar-refractivity contribution in [3.05, 3.63) is 341 Å². The first kappa shape index (κ1) is 70.3. The van der Waals surface area contributed by atoms with Gasteiger partial charge in [0.25, 0.3) is 0 Å². The summed E-state index contributed by atoms with van der Waals surface area (Å²) in [5.74, 6) is 0.0552. The Kier molecular flexibility index (Phi) is 21.3. The second-order valence-electron chi connectivity index (χ2n) is 27.0. The fraction of sp³-hybridized carbons (Fsp3) is 0.200. The summed E-state index contributed by atoms with van der Waals surface area (Å²) in [5.41, 5.74) is 13.8. The third kappa shape index (κ3) is 14.9. The first-order valence-electron chi connectivity index (χ1n) is 35.2. The predicted octanol–water partition coefficient (Wildman–Crippen LogP) is 15.1. The number of fused-ring (bicyclic) bond motifs is 12. The van der Waals surface area contributed by atoms with E-state index in [1.165, 1.54) is 0 Å². The molecule has 0 fully saturated rings. The minimum Gasteiger partial charge on any atom is -0.507 e. The van der Waals surface area contributed by atoms with Crippen LogP contribution < -0.4 is 31.8 Å². The molecule has 0 heterocycles. The van der Waals surface area contributed by atoms with Crippen molar-refractivity contribution in [2.75, 3.05) is 0 Å². The van der Waals surface area contributed by atoms with Crippen LogP contribution in [0.2, 0.25) is 0 Å². The molecule has 10 N–H and O–H groups in total. The number of phenols is 8. The summed E-state index contributed by atoms with van der Waals surface area (Å²) >= 11 is 0. The molecule has 0 saturated heterocycles. The number of phenolic OH excluding ortho intramolecular Hbond substituents is 6. The first-order valence-corrected chi connectivity index (χ1v) is 37.9. The van der Waals surface area contributed by atoms with E-state index in [4.69, 9.17) is 0 Å². The van der Waals surface area contributed by atoms with Crippen LogP contribution in [0.1, 0.15) is 150 Å². The molecule has 0 saturated carbocycles. The van der Waals surface area contributed by atoms with Gasteiger partial charge in [0.05, 0.1) is 13.2 Å². The van der Waals surface area contributed by atoms with Crippen molar-refractivity contribution in [3.63, 3.8) is 0 Å². The lowest BCUT2D eigenvalue weighted by Crippen LogP contribution is -2.21. The SMILES string of the molecule is CCc1cc(CC)c(O)c(Cc2cc3cc(c2O)Cc2cc(P(c4ccccc4)c4ccccc4)cc(c2O)Cc2cc(cc(CO)c2O)Cc2cc(CC)c(O)c(c2)Cc2cc(CC)cc(c2O)Cc2cc(cc(Cc4cc(P(c5ccccc5)c5ccccc5)cc(CO)c4O)c2O)C3)c1. The highest BCUT2D eigenvalue weighted by molar-refractivity contribution is 7.80. The lowest BCUT2D eigenvalue weighted by atomic mass is 9.87. The van der Waals surface area contributed by atoms with E-state index in [9.17, 15) is 51.1 Å². The molecule has 1 aliphatic carbocycles. The van der Waals surface area contributed by atoms with Crippen LogP contribution in [-0.2, 0) is 90.3 Å². The zero-order valence-corrected chi connectivity index (χ0v) is 59.8. The molecule has 12 aromatic carbocycles. The highest BCUT2D eigenvalue weighted by Gasteiger charge is 2.28. The van der Waals surface area contributed by atoms with E-state index in [0.29, 0.717) is 109 Å². The number of aliphatic hydroxyl groups is 2. The summed E-state index contributed by atoms with van der Waals surface area (Å²) in [6.45, 7) is 7.22. The smallest absolute Gasteiger partial charge is 0.124 e. The first-order chi connectivity index (χ1) is 49.5. The maximum absolute atomic E-state index is 13.1. The largest absolute Gasteiger partial charge is 0.507 e. The molecule has 516 valence electrons. The van der Waals surface area contributed by atoms with Gasteiger partial charge in [-0.05, 0) is 228 Å². The summed E-state index contributed by atoms with van der Waals surface area (Å²) in [6, 6.07) is 72.3. The fourth-order valence-corrected chi connectivity index (χ4v) is 19.7. The van der Waals surface area contributed by atoms with Crippen molar-refractivity contribution < 1.29 is 51.1 Å². The third-order valence-electron chi connectivity index (χ3n) is 20.1. The molecular formula is C90H86O10P2. The second kappa shape index (κ2) is 31.0. The van der Waals surface area contributed by atoms with Gasteiger partial charge in [0.1, 0.15) is 46.0 Å². The number of rotatable bonds is 16. The van der Waals surface area contributed by atoms with E-state index < -0.39 is 29.1 Å². The highest BCUT2D eigenvalue weighted by atomic mass is 31.1. The van der Waals surface area contributed by atoms with Crippen LogP contribution in [0.5, 0.6) is 46.0 Å². The third-order valence-corrected chi connectivity index (χ3v) is 24.9. The van der Waals surface area contributed by atoms with Crippen LogP contribution in [0.3, 0.4) is 0 Å². The number of benzene rings is 12. The minimum absolute atomic E-state index is 0.00370. The average molecular weight is 1390 g/mol. The summed E-state index contributed by atoms with van der Waals surface area (Å²) in [5, 5.41) is 129. The van der Waals surface area contributed by atoms with Crippen molar-refractivity contribution in [2.24, 2.45) is 0 Å². The molecular weight excluding hydrogens is 1300 g/mol. The second-order valence-corrected chi connectivity index (χ2v) is 31.4. The van der Waals surface area contributed by atoms with E-state index in [1.807, 2.05) is 185 Å². The van der Waals surface area contributed by atoms with Crippen molar-refractivity contribution in [3.8, 4) is 46.0 Å². The molecule has 0 aromatic heterocycles. The maximum Gasteiger partial charge on any atom is 0.124 e. The van der Waals surface area contributed by atoms with Gasteiger partial charge in [-0.2, -0.15) is 0 Å². The fourth-order valence-electron chi connectivity index (χ4n) is 14.9. The van der Waals surface area contributed by atoms with Crippen LogP contribution in [0, 0.1) is 0 Å². The van der Waals surface area contributed by atoms with Gasteiger partial charge in [-0.1, -0.05) is 216 Å². The van der Waals surface area contributed by atoms with E-state index in [2.05, 4.69) is 55.5 Å². The van der Waals surface area contributed by atoms with Gasteiger partial charge >= 0.3 is 0 Å². The number of aliphatic hydroxyl groups excluding tert-OH is 2. The predicted molar refractivity (Wildman–Crippen MR) is 414 cm³/mol. The van der Waals surface area contributed by atoms with Crippen LogP contribution in [0.25, 0.3) is 0 Å². The van der Waals surface area contributed by atoms with Crippen LogP contribution in [0.15, 0.2) is 218 Å². The number of aryl methyl sites for hydroxylation is 4. The molecule has 1 aliphatic rings. The van der Waals surface area contributed by atoms with Crippen LogP contribution >= 0.6 is 15.8 Å². The molecule has 102 heavy (non-hydrogen) atoms. The Morgan fingerprint density at radius 3 is 0.882 bits per heavy atom. The van der Waals surface area contributed by atoms with Crippen molar-refractivity contribution in [1.82, 2.24) is 0 Å². The topological polar surface area (TPSA) is 202 Å². The Bertz CT molecular complexity index is 4980. The summed E-state index contributed by atoms with van der Waals surface area (Å²) in [7, 11) is -2.47. The van der Waals surface area contributed by atoms with Gasteiger partial charge in [0, 0.05) is 49.7 Å². The van der Waals surface area contributed by atoms with E-state index >= 15 is 0 Å². The van der Waals surface area contributed by atoms with Gasteiger partial charge in [-0.3, -0.25) is 0 Å². The molecule has 0 radical (unpaired) electrons. The normalized spacial score (nSPS) is 12.4. The Morgan fingerprint density at radius 2 is 0.500 bits per heavy atom. The molecule has 0 atom stereocenters. The Labute approximate surface area is 600 Å². The zero-order valence-electron chi connectivity index (χ0n) is 58.1. The molecule has 0 aliphatic heterocycles. The summed E-state index contributed by atoms with van der Waals surface area (Å²) < 4.78 is 0. The standard InChI is InChI=1S/C90H86O10P2/c1-5-55-31-61(7-3)83(93)63(32-55)43-67-37-58-30-59-38-68(87(97)70(40-59)47-74-51-82(52-76(54-92)90(74)100)102(79-25-17-11-18-26-79)80-27-19-12-20-28-80)45-65-34-56(6-2)33-64(85(65)95)44-66-36-57(35-62(8-4)84(66)94)29-60-41-71(89(99)75(42-60)53-91)48-73-50-81(49-72(88(73)98)46-69(39-58)86(67)96)101(77-21-13-9-14-22-77)78-23-15-10-16-24-78/h9-28,31-42,49-52,91-100H,5-8,29-30,43-48,53-54H2,1-4H3. The molecule has 13 rings (SSSR count). The van der Waals surface area contributed by atoms with Gasteiger partial charge in [-0.15, -0.1) is 0 Å². The maximum atomic E-state index is 13.1. The van der Waals surface area contributed by atoms with Crippen LogP contribution in [-0.4, -0.2) is 51.1 Å². The minimum atomic E-state index is -1.28. The van der Waals surface area contributed by atoms with Crippen molar-refractivity contribution in [2.45, 2.75) is 118 Å². The van der Waals surface area contributed by atoms with Gasteiger partial charge < -0.3 is 51.1 Å². The number of hydrogen-bond acceptors (Lipinski definition) is 10. The zero-order chi connectivity index (χ0) is 71.3. The van der Waals surface area contributed by atoms with Gasteiger partial charge in [0.2, 0.25) is 0 Å². The summed E-state index contributed by atoms with van der Waals surface area (Å²) in [6.07, 6.45) is 3.58. The van der Waals surface area contributed by atoms with Crippen LogP contribution in [0.4, 0.5) is 0 Å². The molecule has 12 aromatic rings. The molecule has 0 amide bonds. The molecule has 10 nitrogen and oxygen atoms in total. The quantitative estimate of drug-likeness (QED) is 0.0415. The van der Waals surface area contributed by atoms with E-state index in [-0.39, 0.29) is 90.9 Å². The van der Waals surface area contributed by atoms with Crippen molar-refractivity contribution >= 4 is 47.7 Å². The van der Waals surface area contributed by atoms with Gasteiger partial charge in [0.15, 0.2) is 0 Å². The Balaban J connectivity index is 1.05. The van der Waals surface area contributed by atoms with Gasteiger partial charge in [-0.25, -0.2) is 0 Å². The lowest BCUT2D eigenvalue weighted by Gasteiger charge is -2.23. The van der Waals surface area contributed by atoms with E-state index in [1.54, 1.807) is 6.07 Å². The molecule has 12 bridgehead atoms. The monoisotopic (exact) mass is 1390 g/mol. The summed E-state index contributed by atoms with van der Waals surface area (Å²) in [4.78, 5) is 0. The van der Waals surface area contributed by atoms with E-state index in [0.717, 1.165) is 77.2 Å². The average Bonchev–Trinajstić information content (AvgIpc) is 0.782. The van der Waals surface area contributed by atoms with Crippen molar-refractivity contribution in [1.29, 1.82) is 0 Å². The number of aromatic hydroxyl groups is 8.